The van der Waals surface area contributed by atoms with E-state index in [1.807, 2.05) is 7.85 Å². The van der Waals surface area contributed by atoms with Crippen LogP contribution in [-0.2, 0) is 23.9 Å². The normalized spacial score (nSPS) is 12.7. The molecule has 1 atom stereocenters. The average molecular weight is 242 g/mol. The van der Waals surface area contributed by atoms with Crippen molar-refractivity contribution in [3.05, 3.63) is 0 Å². The van der Waals surface area contributed by atoms with Crippen LogP contribution in [0.25, 0.3) is 0 Å². The first-order chi connectivity index (χ1) is 7.71. The fourth-order valence-electron chi connectivity index (χ4n) is 1.21. The Morgan fingerprint density at radius 3 is 2.18 bits per heavy atom. The van der Waals surface area contributed by atoms with Crippen molar-refractivity contribution in [2.45, 2.75) is 46.7 Å². The number of esters is 2. The van der Waals surface area contributed by atoms with Crippen LogP contribution < -0.4 is 0 Å². The molecule has 1 unspecified atom stereocenters. The summed E-state index contributed by atoms with van der Waals surface area (Å²) in [4.78, 5) is 34.1. The van der Waals surface area contributed by atoms with Gasteiger partial charge in [0, 0.05) is 20.3 Å². The standard InChI is InChI=1S/C11H19BO5/c1-7(13)16-8(2)17-10(15)11(3,4)9(14)5-6-12/h8H,5-6,12H2,1-4H3. The number of Topliss-reactive ketones (excluding diaryl/α,β-unsaturated/α-hetero) is 1. The topological polar surface area (TPSA) is 69.7 Å². The van der Waals surface area contributed by atoms with Gasteiger partial charge in [-0.05, 0) is 13.8 Å². The third kappa shape index (κ3) is 5.02. The number of ether oxygens (including phenoxy) is 2. The van der Waals surface area contributed by atoms with E-state index in [4.69, 9.17) is 4.74 Å². The zero-order valence-electron chi connectivity index (χ0n) is 11.0. The van der Waals surface area contributed by atoms with Crippen molar-refractivity contribution >= 4 is 25.6 Å². The molecule has 0 amide bonds. The molecular weight excluding hydrogens is 223 g/mol. The molecule has 0 aromatic rings. The zero-order chi connectivity index (χ0) is 13.6. The molecule has 0 N–H and O–H groups in total. The van der Waals surface area contributed by atoms with E-state index < -0.39 is 23.6 Å². The Morgan fingerprint density at radius 1 is 1.24 bits per heavy atom. The summed E-state index contributed by atoms with van der Waals surface area (Å²) in [5.74, 6) is -1.40. The molecule has 6 heteroatoms. The Labute approximate surface area is 102 Å². The van der Waals surface area contributed by atoms with E-state index in [1.165, 1.54) is 27.7 Å². The predicted octanol–water partition coefficient (Wildman–Crippen LogP) is 0.475. The van der Waals surface area contributed by atoms with Crippen LogP contribution in [-0.4, -0.2) is 31.9 Å². The number of hydrogen-bond donors (Lipinski definition) is 0. The molecular formula is C11H19BO5. The highest BCUT2D eigenvalue weighted by Gasteiger charge is 2.37. The van der Waals surface area contributed by atoms with E-state index in [-0.39, 0.29) is 5.78 Å². The highest BCUT2D eigenvalue weighted by molar-refractivity contribution is 6.12. The Kier molecular flexibility index (Phi) is 5.92. The van der Waals surface area contributed by atoms with Gasteiger partial charge in [0.25, 0.3) is 0 Å². The highest BCUT2D eigenvalue weighted by atomic mass is 16.7. The molecule has 0 rings (SSSR count). The molecule has 0 saturated heterocycles. The predicted molar refractivity (Wildman–Crippen MR) is 64.1 cm³/mol. The fraction of sp³-hybridized carbons (Fsp3) is 0.727. The summed E-state index contributed by atoms with van der Waals surface area (Å²) >= 11 is 0. The van der Waals surface area contributed by atoms with Crippen LogP contribution in [0.3, 0.4) is 0 Å². The van der Waals surface area contributed by atoms with E-state index in [0.29, 0.717) is 12.7 Å². The fourth-order valence-corrected chi connectivity index (χ4v) is 1.21. The van der Waals surface area contributed by atoms with Crippen molar-refractivity contribution in [3.63, 3.8) is 0 Å². The number of ketones is 1. The SMILES string of the molecule is BCCC(=O)C(C)(C)C(=O)OC(C)OC(C)=O. The minimum absolute atomic E-state index is 0.181. The highest BCUT2D eigenvalue weighted by Crippen LogP contribution is 2.22. The van der Waals surface area contributed by atoms with E-state index in [9.17, 15) is 14.4 Å². The third-order valence-corrected chi connectivity index (χ3v) is 2.29. The molecule has 0 aliphatic rings. The molecule has 96 valence electrons. The Bertz CT molecular complexity index is 311. The van der Waals surface area contributed by atoms with Gasteiger partial charge in [0.2, 0.25) is 6.29 Å². The Balaban J connectivity index is 4.48. The van der Waals surface area contributed by atoms with Crippen LogP contribution in [0.5, 0.6) is 0 Å². The summed E-state index contributed by atoms with van der Waals surface area (Å²) in [6, 6.07) is 0. The molecule has 0 aliphatic heterocycles. The lowest BCUT2D eigenvalue weighted by molar-refractivity contribution is -0.189. The summed E-state index contributed by atoms with van der Waals surface area (Å²) in [5.41, 5.74) is -1.20. The molecule has 0 aromatic carbocycles. The summed E-state index contributed by atoms with van der Waals surface area (Å²) in [6.45, 7) is 5.67. The van der Waals surface area contributed by atoms with Gasteiger partial charge in [0.15, 0.2) is 0 Å². The molecule has 0 radical (unpaired) electrons. The van der Waals surface area contributed by atoms with E-state index in [0.717, 1.165) is 0 Å². The molecule has 0 spiro atoms. The van der Waals surface area contributed by atoms with Crippen molar-refractivity contribution in [1.82, 2.24) is 0 Å². The largest absolute Gasteiger partial charge is 0.426 e. The van der Waals surface area contributed by atoms with Gasteiger partial charge in [-0.3, -0.25) is 14.4 Å². The van der Waals surface area contributed by atoms with Crippen molar-refractivity contribution in [2.24, 2.45) is 5.41 Å². The molecule has 0 aromatic heterocycles. The van der Waals surface area contributed by atoms with Crippen LogP contribution in [0.2, 0.25) is 6.32 Å². The van der Waals surface area contributed by atoms with Gasteiger partial charge in [0.05, 0.1) is 0 Å². The van der Waals surface area contributed by atoms with Crippen LogP contribution in [0.15, 0.2) is 0 Å². The van der Waals surface area contributed by atoms with Gasteiger partial charge in [0.1, 0.15) is 19.0 Å². The first-order valence-corrected chi connectivity index (χ1v) is 5.63. The lowest BCUT2D eigenvalue weighted by Gasteiger charge is -2.23. The van der Waals surface area contributed by atoms with Crippen LogP contribution in [0, 0.1) is 5.41 Å². The molecule has 5 nitrogen and oxygen atoms in total. The smallest absolute Gasteiger partial charge is 0.322 e. The number of rotatable bonds is 6. The molecule has 17 heavy (non-hydrogen) atoms. The minimum Gasteiger partial charge on any atom is -0.426 e. The molecule has 0 heterocycles. The third-order valence-electron chi connectivity index (χ3n) is 2.29. The number of carbonyl (C=O) groups is 3. The molecule has 0 bridgehead atoms. The lowest BCUT2D eigenvalue weighted by Crippen LogP contribution is -2.37. The van der Waals surface area contributed by atoms with E-state index in [1.54, 1.807) is 0 Å². The summed E-state index contributed by atoms with van der Waals surface area (Å²) in [6.07, 6.45) is 0.0210. The van der Waals surface area contributed by atoms with Crippen LogP contribution in [0.1, 0.15) is 34.1 Å². The van der Waals surface area contributed by atoms with Gasteiger partial charge in [-0.1, -0.05) is 6.32 Å². The van der Waals surface area contributed by atoms with E-state index >= 15 is 0 Å². The van der Waals surface area contributed by atoms with Crippen molar-refractivity contribution < 1.29 is 23.9 Å². The molecule has 0 aliphatic carbocycles. The molecule has 0 saturated carbocycles. The maximum atomic E-state index is 11.7. The van der Waals surface area contributed by atoms with Crippen molar-refractivity contribution in [1.29, 1.82) is 0 Å². The Morgan fingerprint density at radius 2 is 1.76 bits per heavy atom. The van der Waals surface area contributed by atoms with Gasteiger partial charge in [-0.15, -0.1) is 0 Å². The zero-order valence-corrected chi connectivity index (χ0v) is 11.0. The number of hydrogen-bond acceptors (Lipinski definition) is 5. The van der Waals surface area contributed by atoms with E-state index in [2.05, 4.69) is 4.74 Å². The average Bonchev–Trinajstić information content (AvgIpc) is 2.16. The Hall–Kier alpha value is -1.33. The summed E-state index contributed by atoms with van der Waals surface area (Å²) in [5, 5.41) is 0. The maximum absolute atomic E-state index is 11.7. The lowest BCUT2D eigenvalue weighted by atomic mass is 9.83. The van der Waals surface area contributed by atoms with Gasteiger partial charge < -0.3 is 9.47 Å². The summed E-state index contributed by atoms with van der Waals surface area (Å²) in [7, 11) is 1.86. The second-order valence-corrected chi connectivity index (χ2v) is 4.38. The minimum atomic E-state index is -1.20. The van der Waals surface area contributed by atoms with Crippen molar-refractivity contribution in [2.75, 3.05) is 0 Å². The van der Waals surface area contributed by atoms with Gasteiger partial charge in [-0.25, -0.2) is 0 Å². The first kappa shape index (κ1) is 15.7. The van der Waals surface area contributed by atoms with Crippen LogP contribution in [0.4, 0.5) is 0 Å². The monoisotopic (exact) mass is 242 g/mol. The van der Waals surface area contributed by atoms with Crippen LogP contribution >= 0.6 is 0 Å². The van der Waals surface area contributed by atoms with Gasteiger partial charge >= 0.3 is 11.9 Å². The number of carbonyl (C=O) groups excluding carboxylic acids is 3. The van der Waals surface area contributed by atoms with Crippen molar-refractivity contribution in [3.8, 4) is 0 Å². The van der Waals surface area contributed by atoms with Gasteiger partial charge in [-0.2, -0.15) is 0 Å². The first-order valence-electron chi connectivity index (χ1n) is 5.63. The second-order valence-electron chi connectivity index (χ2n) is 4.38. The maximum Gasteiger partial charge on any atom is 0.322 e. The second kappa shape index (κ2) is 6.42. The summed E-state index contributed by atoms with van der Waals surface area (Å²) < 4.78 is 9.55. The molecule has 0 fully saturated rings. The quantitative estimate of drug-likeness (QED) is 0.293.